The van der Waals surface area contributed by atoms with Gasteiger partial charge >= 0.3 is 0 Å². The van der Waals surface area contributed by atoms with Gasteiger partial charge in [-0.1, -0.05) is 36.2 Å². The first-order valence-corrected chi connectivity index (χ1v) is 8.52. The summed E-state index contributed by atoms with van der Waals surface area (Å²) in [6.07, 6.45) is 11.8. The molecular formula is C20H31N3+2. The molecule has 0 atom stereocenters. The number of allylic oxidation sites excluding steroid dienone is 7. The van der Waals surface area contributed by atoms with Crippen LogP contribution in [-0.4, -0.2) is 35.6 Å². The summed E-state index contributed by atoms with van der Waals surface area (Å²) in [5.41, 5.74) is 13.6. The molecule has 0 fully saturated rings. The Labute approximate surface area is 140 Å². The van der Waals surface area contributed by atoms with E-state index in [9.17, 15) is 0 Å². The first-order valence-electron chi connectivity index (χ1n) is 8.52. The van der Waals surface area contributed by atoms with E-state index in [1.807, 2.05) is 6.08 Å². The number of nitrogens with one attached hydrogen (secondary N) is 1. The van der Waals surface area contributed by atoms with Crippen LogP contribution in [0.25, 0.3) is 0 Å². The lowest BCUT2D eigenvalue weighted by atomic mass is 9.94. The summed E-state index contributed by atoms with van der Waals surface area (Å²) in [6, 6.07) is 0. The number of rotatable bonds is 6. The molecule has 1 N–H and O–H groups in total. The zero-order valence-electron chi connectivity index (χ0n) is 15.5. The van der Waals surface area contributed by atoms with Gasteiger partial charge in [0.2, 0.25) is 5.70 Å². The van der Waals surface area contributed by atoms with Gasteiger partial charge in [0.1, 0.15) is 19.0 Å². The highest BCUT2D eigenvalue weighted by Crippen LogP contribution is 2.39. The third-order valence-electron chi connectivity index (χ3n) is 4.14. The molecule has 0 aromatic rings. The predicted octanol–water partition coefficient (Wildman–Crippen LogP) is 4.53. The second-order valence-electron chi connectivity index (χ2n) is 8.00. The highest BCUT2D eigenvalue weighted by atomic mass is 15.2. The fourth-order valence-electron chi connectivity index (χ4n) is 3.23. The molecule has 2 rings (SSSR count). The van der Waals surface area contributed by atoms with E-state index in [-0.39, 0.29) is 5.41 Å². The molecule has 2 aliphatic rings. The van der Waals surface area contributed by atoms with Crippen molar-refractivity contribution in [2.45, 2.75) is 41.0 Å². The molecule has 23 heavy (non-hydrogen) atoms. The summed E-state index contributed by atoms with van der Waals surface area (Å²) < 4.78 is 3.89. The fourth-order valence-corrected chi connectivity index (χ4v) is 3.23. The van der Waals surface area contributed by atoms with Crippen LogP contribution in [0.1, 0.15) is 41.0 Å². The summed E-state index contributed by atoms with van der Waals surface area (Å²) in [6.45, 7) is 12.7. The Hall–Kier alpha value is -1.77. The zero-order valence-corrected chi connectivity index (χ0v) is 15.5. The molecule has 3 nitrogen and oxygen atoms in total. The standard InChI is InChI=1S/C20H31N3/c1-15(2)12-22(6)13-20(4,5)14-23(21)18-9-7-8-16(3)19-11-17(19)10-18/h7-10,13,15,21H,11-12,14H2,1-6H3/q+2. The Kier molecular flexibility index (Phi) is 5.18. The molecule has 0 aromatic heterocycles. The maximum atomic E-state index is 8.47. The first kappa shape index (κ1) is 17.6. The lowest BCUT2D eigenvalue weighted by Crippen LogP contribution is -2.31. The van der Waals surface area contributed by atoms with Crippen molar-refractivity contribution in [3.63, 3.8) is 0 Å². The monoisotopic (exact) mass is 313 g/mol. The van der Waals surface area contributed by atoms with Crippen LogP contribution >= 0.6 is 0 Å². The smallest absolute Gasteiger partial charge is 0.231 e. The first-order chi connectivity index (χ1) is 10.7. The Morgan fingerprint density at radius 3 is 2.70 bits per heavy atom. The Bertz CT molecular complexity index is 652. The Morgan fingerprint density at radius 1 is 1.35 bits per heavy atom. The van der Waals surface area contributed by atoms with Gasteiger partial charge in [0, 0.05) is 18.1 Å². The van der Waals surface area contributed by atoms with Crippen LogP contribution in [-0.2, 0) is 0 Å². The van der Waals surface area contributed by atoms with Crippen molar-refractivity contribution in [2.75, 3.05) is 20.1 Å². The van der Waals surface area contributed by atoms with E-state index in [1.54, 1.807) is 4.70 Å². The van der Waals surface area contributed by atoms with Gasteiger partial charge in [0.05, 0.1) is 0 Å². The molecule has 0 heterocycles. The van der Waals surface area contributed by atoms with Gasteiger partial charge in [0.25, 0.3) is 0 Å². The lowest BCUT2D eigenvalue weighted by molar-refractivity contribution is -0.576. The van der Waals surface area contributed by atoms with E-state index in [4.69, 9.17) is 5.53 Å². The van der Waals surface area contributed by atoms with Gasteiger partial charge in [-0.05, 0) is 43.9 Å². The zero-order chi connectivity index (χ0) is 17.2. The maximum Gasteiger partial charge on any atom is 0.231 e. The van der Waals surface area contributed by atoms with Crippen molar-refractivity contribution < 1.29 is 9.27 Å². The summed E-state index contributed by atoms with van der Waals surface area (Å²) in [5.74, 6) is 0.644. The summed E-state index contributed by atoms with van der Waals surface area (Å²) in [4.78, 5) is 0. The summed E-state index contributed by atoms with van der Waals surface area (Å²) in [5, 5.41) is 0. The van der Waals surface area contributed by atoms with Gasteiger partial charge in [-0.3, -0.25) is 0 Å². The maximum absolute atomic E-state index is 8.47. The van der Waals surface area contributed by atoms with Crippen LogP contribution in [0.3, 0.4) is 0 Å². The minimum atomic E-state index is -0.0467. The molecule has 0 bridgehead atoms. The molecule has 0 radical (unpaired) electrons. The number of nitrogens with zero attached hydrogens (tertiary/aromatic N) is 2. The molecule has 124 valence electrons. The van der Waals surface area contributed by atoms with Crippen LogP contribution in [0.15, 0.2) is 46.7 Å². The fraction of sp³-hybridized carbons (Fsp3) is 0.550. The van der Waals surface area contributed by atoms with Gasteiger partial charge in [-0.25, -0.2) is 4.58 Å². The molecular weight excluding hydrogens is 282 g/mol. The highest BCUT2D eigenvalue weighted by Gasteiger charge is 2.30. The van der Waals surface area contributed by atoms with Crippen LogP contribution in [0.2, 0.25) is 0 Å². The van der Waals surface area contributed by atoms with Crippen LogP contribution in [0.5, 0.6) is 0 Å². The second-order valence-corrected chi connectivity index (χ2v) is 8.00. The summed E-state index contributed by atoms with van der Waals surface area (Å²) in [7, 11) is 2.12. The number of hydrogen-bond donors (Lipinski definition) is 1. The molecule has 0 spiro atoms. The van der Waals surface area contributed by atoms with E-state index < -0.39 is 0 Å². The van der Waals surface area contributed by atoms with E-state index in [2.05, 4.69) is 70.7 Å². The van der Waals surface area contributed by atoms with Crippen molar-refractivity contribution in [1.29, 1.82) is 5.53 Å². The van der Waals surface area contributed by atoms with Gasteiger partial charge in [-0.2, -0.15) is 0 Å². The molecule has 0 amide bonds. The quantitative estimate of drug-likeness (QED) is 0.424. The molecule has 0 aromatic carbocycles. The third kappa shape index (κ3) is 5.12. The minimum absolute atomic E-state index is 0.0467. The van der Waals surface area contributed by atoms with Crippen LogP contribution < -0.4 is 0 Å². The van der Waals surface area contributed by atoms with E-state index >= 15 is 0 Å². The minimum Gasteiger partial charge on any atom is -0.241 e. The van der Waals surface area contributed by atoms with Crippen LogP contribution in [0, 0.1) is 16.9 Å². The molecule has 0 saturated carbocycles. The Balaban J connectivity index is 2.08. The number of hydrogen-bond acceptors (Lipinski definition) is 1. The normalized spacial score (nSPS) is 18.3. The van der Waals surface area contributed by atoms with E-state index in [0.717, 1.165) is 18.7 Å². The van der Waals surface area contributed by atoms with Crippen molar-refractivity contribution in [2.24, 2.45) is 11.3 Å². The molecule has 0 aliphatic heterocycles. The average molecular weight is 313 g/mol. The molecule has 0 saturated heterocycles. The lowest BCUT2D eigenvalue weighted by Gasteiger charge is -2.14. The van der Waals surface area contributed by atoms with Gasteiger partial charge in [0.15, 0.2) is 12.8 Å². The van der Waals surface area contributed by atoms with E-state index in [1.165, 1.54) is 16.7 Å². The van der Waals surface area contributed by atoms with Gasteiger partial charge < -0.3 is 0 Å². The SMILES string of the molecule is CC1=CC=CC([N+](=N)CC(C)(C)C=[N+](C)CC(C)C)=CC2=C1C2. The highest BCUT2D eigenvalue weighted by molar-refractivity contribution is 5.59. The third-order valence-corrected chi connectivity index (χ3v) is 4.14. The van der Waals surface area contributed by atoms with E-state index in [0.29, 0.717) is 12.5 Å². The van der Waals surface area contributed by atoms with Crippen molar-refractivity contribution in [1.82, 2.24) is 0 Å². The average Bonchev–Trinajstić information content (AvgIpc) is 3.11. The van der Waals surface area contributed by atoms with Crippen molar-refractivity contribution in [3.8, 4) is 0 Å². The largest absolute Gasteiger partial charge is 0.241 e. The predicted molar refractivity (Wildman–Crippen MR) is 96.2 cm³/mol. The molecule has 3 heteroatoms. The topological polar surface area (TPSA) is 29.9 Å². The molecule has 0 unspecified atom stereocenters. The Morgan fingerprint density at radius 2 is 2.04 bits per heavy atom. The van der Waals surface area contributed by atoms with Crippen molar-refractivity contribution in [3.05, 3.63) is 46.7 Å². The van der Waals surface area contributed by atoms with Crippen LogP contribution in [0.4, 0.5) is 0 Å². The van der Waals surface area contributed by atoms with Crippen molar-refractivity contribution >= 4 is 6.21 Å². The summed E-state index contributed by atoms with van der Waals surface area (Å²) >= 11 is 0. The second kappa shape index (κ2) is 6.77. The molecule has 2 aliphatic carbocycles. The van der Waals surface area contributed by atoms with Gasteiger partial charge in [-0.15, -0.1) is 0 Å².